The molecule has 0 spiro atoms. The summed E-state index contributed by atoms with van der Waals surface area (Å²) in [6.07, 6.45) is 0. The molecule has 0 radical (unpaired) electrons. The molecule has 2 aromatic rings. The van der Waals surface area contributed by atoms with Gasteiger partial charge in [-0.25, -0.2) is 4.39 Å². The van der Waals surface area contributed by atoms with Crippen LogP contribution < -0.4 is 10.1 Å². The fourth-order valence-electron chi connectivity index (χ4n) is 2.14. The van der Waals surface area contributed by atoms with E-state index in [1.165, 1.54) is 12.1 Å². The second kappa shape index (κ2) is 7.09. The Morgan fingerprint density at radius 2 is 1.95 bits per heavy atom. The van der Waals surface area contributed by atoms with Crippen LogP contribution in [0.15, 0.2) is 36.4 Å². The highest BCUT2D eigenvalue weighted by molar-refractivity contribution is 5.51. The number of hydrogen-bond acceptors (Lipinski definition) is 3. The minimum absolute atomic E-state index is 0.0795. The third-order valence-electron chi connectivity index (χ3n) is 3.32. The summed E-state index contributed by atoms with van der Waals surface area (Å²) >= 11 is 0. The first kappa shape index (κ1) is 15.3. The zero-order valence-electron chi connectivity index (χ0n) is 12.3. The molecule has 0 bridgehead atoms. The first-order chi connectivity index (χ1) is 10.1. The van der Waals surface area contributed by atoms with Gasteiger partial charge in [-0.05, 0) is 55.3 Å². The predicted octanol–water partition coefficient (Wildman–Crippen LogP) is 3.64. The number of aryl methyl sites for hydroxylation is 1. The molecular formula is C17H20FNO2. The maximum absolute atomic E-state index is 13.3. The number of nitrogens with one attached hydrogen (secondary N) is 1. The zero-order chi connectivity index (χ0) is 15.2. The van der Waals surface area contributed by atoms with Crippen LogP contribution in [-0.4, -0.2) is 11.7 Å². The molecule has 2 aromatic carbocycles. The molecule has 0 unspecified atom stereocenters. The molecule has 0 aliphatic rings. The second-order valence-electron chi connectivity index (χ2n) is 4.84. The summed E-state index contributed by atoms with van der Waals surface area (Å²) in [6, 6.07) is 10.3. The topological polar surface area (TPSA) is 41.5 Å². The Bertz CT molecular complexity index is 614. The molecule has 0 atom stereocenters. The van der Waals surface area contributed by atoms with Crippen molar-refractivity contribution in [3.05, 3.63) is 58.9 Å². The fraction of sp³-hybridized carbons (Fsp3) is 0.294. The number of halogens is 1. The molecule has 3 nitrogen and oxygen atoms in total. The first-order valence-corrected chi connectivity index (χ1v) is 6.99. The lowest BCUT2D eigenvalue weighted by molar-refractivity contribution is 0.267. The average molecular weight is 289 g/mol. The van der Waals surface area contributed by atoms with E-state index in [1.54, 1.807) is 6.07 Å². The Hall–Kier alpha value is -2.07. The van der Waals surface area contributed by atoms with Crippen molar-refractivity contribution in [3.8, 4) is 5.75 Å². The van der Waals surface area contributed by atoms with Crippen molar-refractivity contribution in [2.45, 2.75) is 27.0 Å². The van der Waals surface area contributed by atoms with E-state index in [4.69, 9.17) is 4.74 Å². The first-order valence-electron chi connectivity index (χ1n) is 6.99. The van der Waals surface area contributed by atoms with E-state index in [1.807, 2.05) is 32.0 Å². The lowest BCUT2D eigenvalue weighted by Gasteiger charge is -2.13. The zero-order valence-corrected chi connectivity index (χ0v) is 12.3. The largest absolute Gasteiger partial charge is 0.494 e. The van der Waals surface area contributed by atoms with Crippen molar-refractivity contribution >= 4 is 5.69 Å². The number of hydrogen-bond donors (Lipinski definition) is 2. The van der Waals surface area contributed by atoms with Gasteiger partial charge in [0.15, 0.2) is 0 Å². The van der Waals surface area contributed by atoms with Gasteiger partial charge in [0.2, 0.25) is 0 Å². The highest BCUT2D eigenvalue weighted by Crippen LogP contribution is 2.23. The summed E-state index contributed by atoms with van der Waals surface area (Å²) in [7, 11) is 0. The monoisotopic (exact) mass is 289 g/mol. The maximum Gasteiger partial charge on any atom is 0.124 e. The Morgan fingerprint density at radius 3 is 2.67 bits per heavy atom. The van der Waals surface area contributed by atoms with E-state index in [2.05, 4.69) is 5.32 Å². The number of benzene rings is 2. The van der Waals surface area contributed by atoms with E-state index in [-0.39, 0.29) is 12.4 Å². The molecular weight excluding hydrogens is 269 g/mol. The van der Waals surface area contributed by atoms with Crippen LogP contribution in [0.25, 0.3) is 0 Å². The van der Waals surface area contributed by atoms with Gasteiger partial charge in [0.1, 0.15) is 11.6 Å². The van der Waals surface area contributed by atoms with Crippen LogP contribution >= 0.6 is 0 Å². The summed E-state index contributed by atoms with van der Waals surface area (Å²) < 4.78 is 18.7. The summed E-state index contributed by atoms with van der Waals surface area (Å²) in [5, 5.41) is 12.6. The van der Waals surface area contributed by atoms with Gasteiger partial charge in [-0.3, -0.25) is 0 Å². The van der Waals surface area contributed by atoms with Crippen LogP contribution in [-0.2, 0) is 13.2 Å². The Balaban J connectivity index is 2.11. The van der Waals surface area contributed by atoms with Crippen LogP contribution in [0, 0.1) is 12.7 Å². The molecule has 0 aliphatic heterocycles. The molecule has 0 saturated carbocycles. The predicted molar refractivity (Wildman–Crippen MR) is 82.0 cm³/mol. The smallest absolute Gasteiger partial charge is 0.124 e. The highest BCUT2D eigenvalue weighted by atomic mass is 19.1. The Kier molecular flexibility index (Phi) is 5.17. The molecule has 112 valence electrons. The molecule has 0 fully saturated rings. The number of ether oxygens (including phenoxy) is 1. The van der Waals surface area contributed by atoms with Gasteiger partial charge in [-0.1, -0.05) is 6.07 Å². The van der Waals surface area contributed by atoms with Crippen LogP contribution in [0.2, 0.25) is 0 Å². The van der Waals surface area contributed by atoms with E-state index in [0.29, 0.717) is 18.9 Å². The third kappa shape index (κ3) is 3.95. The second-order valence-corrected chi connectivity index (χ2v) is 4.84. The number of aliphatic hydroxyl groups is 1. The van der Waals surface area contributed by atoms with Gasteiger partial charge in [0.25, 0.3) is 0 Å². The number of rotatable bonds is 6. The number of aliphatic hydroxyl groups excluding tert-OH is 1. The summed E-state index contributed by atoms with van der Waals surface area (Å²) in [4.78, 5) is 0. The van der Waals surface area contributed by atoms with Gasteiger partial charge in [-0.2, -0.15) is 0 Å². The molecule has 0 saturated heterocycles. The fourth-order valence-corrected chi connectivity index (χ4v) is 2.14. The Labute approximate surface area is 124 Å². The molecule has 0 aliphatic carbocycles. The summed E-state index contributed by atoms with van der Waals surface area (Å²) in [6.45, 7) is 4.86. The number of anilines is 1. The van der Waals surface area contributed by atoms with Crippen molar-refractivity contribution < 1.29 is 14.2 Å². The molecule has 2 N–H and O–H groups in total. The van der Waals surface area contributed by atoms with Crippen molar-refractivity contribution in [1.82, 2.24) is 0 Å². The molecule has 4 heteroatoms. The van der Waals surface area contributed by atoms with E-state index in [0.717, 1.165) is 22.4 Å². The normalized spacial score (nSPS) is 10.5. The van der Waals surface area contributed by atoms with Gasteiger partial charge >= 0.3 is 0 Å². The van der Waals surface area contributed by atoms with Crippen LogP contribution in [0.3, 0.4) is 0 Å². The lowest BCUT2D eigenvalue weighted by Crippen LogP contribution is -2.03. The minimum atomic E-state index is -0.236. The Morgan fingerprint density at radius 1 is 1.14 bits per heavy atom. The highest BCUT2D eigenvalue weighted by Gasteiger charge is 2.05. The third-order valence-corrected chi connectivity index (χ3v) is 3.32. The molecule has 0 aromatic heterocycles. The average Bonchev–Trinajstić information content (AvgIpc) is 2.49. The summed E-state index contributed by atoms with van der Waals surface area (Å²) in [5.74, 6) is 0.452. The maximum atomic E-state index is 13.3. The molecule has 0 amide bonds. The standard InChI is InChI=1S/C17H20FNO2/c1-3-21-17-7-6-16(9-14(17)11-20)19-10-13-8-15(18)5-4-12(13)2/h4-9,19-20H,3,10-11H2,1-2H3. The van der Waals surface area contributed by atoms with Crippen molar-refractivity contribution in [3.63, 3.8) is 0 Å². The SMILES string of the molecule is CCOc1ccc(NCc2cc(F)ccc2C)cc1CO. The molecule has 21 heavy (non-hydrogen) atoms. The minimum Gasteiger partial charge on any atom is -0.494 e. The van der Waals surface area contributed by atoms with Crippen molar-refractivity contribution in [2.24, 2.45) is 0 Å². The summed E-state index contributed by atoms with van der Waals surface area (Å²) in [5.41, 5.74) is 3.55. The molecule has 0 heterocycles. The van der Waals surface area contributed by atoms with Crippen LogP contribution in [0.5, 0.6) is 5.75 Å². The van der Waals surface area contributed by atoms with Crippen LogP contribution in [0.4, 0.5) is 10.1 Å². The molecule has 2 rings (SSSR count). The lowest BCUT2D eigenvalue weighted by atomic mass is 10.1. The van der Waals surface area contributed by atoms with Crippen molar-refractivity contribution in [2.75, 3.05) is 11.9 Å². The quantitative estimate of drug-likeness (QED) is 0.853. The van der Waals surface area contributed by atoms with Gasteiger partial charge in [-0.15, -0.1) is 0 Å². The van der Waals surface area contributed by atoms with Gasteiger partial charge < -0.3 is 15.2 Å². The van der Waals surface area contributed by atoms with E-state index >= 15 is 0 Å². The van der Waals surface area contributed by atoms with Gasteiger partial charge in [0, 0.05) is 17.8 Å². The van der Waals surface area contributed by atoms with Gasteiger partial charge in [0.05, 0.1) is 13.2 Å². The van der Waals surface area contributed by atoms with E-state index in [9.17, 15) is 9.50 Å². The van der Waals surface area contributed by atoms with E-state index < -0.39 is 0 Å². The van der Waals surface area contributed by atoms with Crippen LogP contribution in [0.1, 0.15) is 23.6 Å². The van der Waals surface area contributed by atoms with Crippen molar-refractivity contribution in [1.29, 1.82) is 0 Å².